The van der Waals surface area contributed by atoms with Gasteiger partial charge in [0, 0.05) is 11.4 Å². The normalized spacial score (nSPS) is 10.8. The molecular formula is C20H23N5OS2. The minimum absolute atomic E-state index is 0.00955. The zero-order valence-electron chi connectivity index (χ0n) is 16.0. The summed E-state index contributed by atoms with van der Waals surface area (Å²) in [7, 11) is 0. The number of nitrogens with one attached hydrogen (secondary N) is 1. The molecule has 146 valence electrons. The van der Waals surface area contributed by atoms with Crippen LogP contribution in [0.4, 0.5) is 0 Å². The van der Waals surface area contributed by atoms with Gasteiger partial charge in [-0.15, -0.1) is 16.9 Å². The second-order valence-corrected chi connectivity index (χ2v) is 8.48. The van der Waals surface area contributed by atoms with Crippen LogP contribution in [0.2, 0.25) is 0 Å². The summed E-state index contributed by atoms with van der Waals surface area (Å²) in [6, 6.07) is 16.4. The number of benzene rings is 2. The SMILES string of the molecule is Cc1cc(C)cc(-n2nnnc2SCC(=O)NCCCSc2ccccc2)c1. The van der Waals surface area contributed by atoms with Gasteiger partial charge in [-0.1, -0.05) is 36.0 Å². The lowest BCUT2D eigenvalue weighted by molar-refractivity contribution is -0.118. The fraction of sp³-hybridized carbons (Fsp3) is 0.300. The van der Waals surface area contributed by atoms with Crippen LogP contribution in [0.5, 0.6) is 0 Å². The van der Waals surface area contributed by atoms with Crippen LogP contribution in [0.15, 0.2) is 58.6 Å². The van der Waals surface area contributed by atoms with E-state index in [9.17, 15) is 4.79 Å². The zero-order valence-corrected chi connectivity index (χ0v) is 17.6. The van der Waals surface area contributed by atoms with E-state index < -0.39 is 0 Å². The highest BCUT2D eigenvalue weighted by atomic mass is 32.2. The molecule has 6 nitrogen and oxygen atoms in total. The quantitative estimate of drug-likeness (QED) is 0.426. The van der Waals surface area contributed by atoms with E-state index in [0.717, 1.165) is 29.0 Å². The molecule has 0 saturated heterocycles. The molecule has 1 amide bonds. The number of rotatable bonds is 9. The average Bonchev–Trinajstić information content (AvgIpc) is 3.15. The highest BCUT2D eigenvalue weighted by Crippen LogP contribution is 2.20. The van der Waals surface area contributed by atoms with Crippen molar-refractivity contribution in [2.45, 2.75) is 30.3 Å². The highest BCUT2D eigenvalue weighted by molar-refractivity contribution is 7.99. The Kier molecular flexibility index (Phi) is 7.50. The van der Waals surface area contributed by atoms with Crippen molar-refractivity contribution in [3.05, 3.63) is 59.7 Å². The van der Waals surface area contributed by atoms with E-state index in [-0.39, 0.29) is 11.7 Å². The van der Waals surface area contributed by atoms with Gasteiger partial charge < -0.3 is 5.32 Å². The molecular weight excluding hydrogens is 390 g/mol. The number of carbonyl (C=O) groups is 1. The van der Waals surface area contributed by atoms with Crippen molar-refractivity contribution >= 4 is 29.4 Å². The Hall–Kier alpha value is -2.32. The first-order valence-electron chi connectivity index (χ1n) is 9.06. The van der Waals surface area contributed by atoms with Gasteiger partial charge >= 0.3 is 0 Å². The molecule has 3 rings (SSSR count). The molecule has 28 heavy (non-hydrogen) atoms. The summed E-state index contributed by atoms with van der Waals surface area (Å²) in [4.78, 5) is 13.4. The Morgan fingerprint density at radius 2 is 1.82 bits per heavy atom. The molecule has 1 aromatic heterocycles. The second-order valence-electron chi connectivity index (χ2n) is 6.37. The van der Waals surface area contributed by atoms with Gasteiger partial charge in [-0.25, -0.2) is 0 Å². The van der Waals surface area contributed by atoms with Crippen LogP contribution in [0.25, 0.3) is 5.69 Å². The second kappa shape index (κ2) is 10.3. The van der Waals surface area contributed by atoms with Gasteiger partial charge in [0.15, 0.2) is 0 Å². The Morgan fingerprint density at radius 1 is 1.07 bits per heavy atom. The standard InChI is InChI=1S/C20H23N5OS2/c1-15-11-16(2)13-17(12-15)25-20(22-23-24-25)28-14-19(26)21-9-6-10-27-18-7-4-3-5-8-18/h3-5,7-8,11-13H,6,9-10,14H2,1-2H3,(H,21,26). The summed E-state index contributed by atoms with van der Waals surface area (Å²) in [6.07, 6.45) is 0.927. The molecule has 0 unspecified atom stereocenters. The van der Waals surface area contributed by atoms with Crippen molar-refractivity contribution in [3.63, 3.8) is 0 Å². The molecule has 0 bridgehead atoms. The van der Waals surface area contributed by atoms with Gasteiger partial charge in [0.1, 0.15) is 0 Å². The number of amides is 1. The van der Waals surface area contributed by atoms with E-state index in [1.165, 1.54) is 16.7 Å². The van der Waals surface area contributed by atoms with Gasteiger partial charge in [0.25, 0.3) is 0 Å². The largest absolute Gasteiger partial charge is 0.355 e. The van der Waals surface area contributed by atoms with Gasteiger partial charge in [-0.2, -0.15) is 4.68 Å². The lowest BCUT2D eigenvalue weighted by atomic mass is 10.1. The highest BCUT2D eigenvalue weighted by Gasteiger charge is 2.12. The van der Waals surface area contributed by atoms with E-state index in [0.29, 0.717) is 11.7 Å². The number of hydrogen-bond acceptors (Lipinski definition) is 6. The number of thioether (sulfide) groups is 2. The van der Waals surface area contributed by atoms with Crippen LogP contribution in [0.3, 0.4) is 0 Å². The number of hydrogen-bond donors (Lipinski definition) is 1. The van der Waals surface area contributed by atoms with Crippen molar-refractivity contribution in [2.24, 2.45) is 0 Å². The molecule has 0 radical (unpaired) electrons. The van der Waals surface area contributed by atoms with Crippen molar-refractivity contribution in [1.82, 2.24) is 25.5 Å². The van der Waals surface area contributed by atoms with Crippen LogP contribution < -0.4 is 5.32 Å². The first-order chi connectivity index (χ1) is 13.6. The number of aryl methyl sites for hydroxylation is 2. The lowest BCUT2D eigenvalue weighted by Gasteiger charge is -2.07. The van der Waals surface area contributed by atoms with E-state index in [1.807, 2.05) is 44.2 Å². The lowest BCUT2D eigenvalue weighted by Crippen LogP contribution is -2.26. The predicted molar refractivity (Wildman–Crippen MR) is 114 cm³/mol. The molecule has 0 fully saturated rings. The third-order valence-corrected chi connectivity index (χ3v) is 5.90. The van der Waals surface area contributed by atoms with Crippen molar-refractivity contribution in [2.75, 3.05) is 18.1 Å². The van der Waals surface area contributed by atoms with Crippen LogP contribution in [0, 0.1) is 13.8 Å². The Labute approximate surface area is 173 Å². The zero-order chi connectivity index (χ0) is 19.8. The summed E-state index contributed by atoms with van der Waals surface area (Å²) < 4.78 is 1.68. The number of nitrogens with zero attached hydrogens (tertiary/aromatic N) is 4. The third kappa shape index (κ3) is 6.10. The average molecular weight is 414 g/mol. The molecule has 2 aromatic carbocycles. The predicted octanol–water partition coefficient (Wildman–Crippen LogP) is 3.67. The molecule has 0 atom stereocenters. The summed E-state index contributed by atoms with van der Waals surface area (Å²) in [5, 5.41) is 15.4. The summed E-state index contributed by atoms with van der Waals surface area (Å²) in [6.45, 7) is 4.75. The third-order valence-electron chi connectivity index (χ3n) is 3.88. The van der Waals surface area contributed by atoms with E-state index in [4.69, 9.17) is 0 Å². The Balaban J connectivity index is 1.42. The summed E-state index contributed by atoms with van der Waals surface area (Å²) in [5.74, 6) is 1.25. The molecule has 0 spiro atoms. The molecule has 1 heterocycles. The molecule has 3 aromatic rings. The van der Waals surface area contributed by atoms with Gasteiger partial charge in [0.2, 0.25) is 11.1 Å². The number of carbonyl (C=O) groups excluding carboxylic acids is 1. The van der Waals surface area contributed by atoms with Crippen molar-refractivity contribution in [3.8, 4) is 5.69 Å². The van der Waals surface area contributed by atoms with Crippen molar-refractivity contribution in [1.29, 1.82) is 0 Å². The topological polar surface area (TPSA) is 72.7 Å². The first kappa shape index (κ1) is 20.4. The number of aromatic nitrogens is 4. The number of tetrazole rings is 1. The Bertz CT molecular complexity index is 894. The van der Waals surface area contributed by atoms with Crippen LogP contribution >= 0.6 is 23.5 Å². The van der Waals surface area contributed by atoms with Gasteiger partial charge in [-0.3, -0.25) is 4.79 Å². The smallest absolute Gasteiger partial charge is 0.230 e. The molecule has 1 N–H and O–H groups in total. The van der Waals surface area contributed by atoms with Gasteiger partial charge in [0.05, 0.1) is 11.4 Å². The minimum atomic E-state index is -0.00955. The monoisotopic (exact) mass is 413 g/mol. The van der Waals surface area contributed by atoms with E-state index in [1.54, 1.807) is 16.4 Å². The molecule has 0 aliphatic rings. The molecule has 0 saturated carbocycles. The van der Waals surface area contributed by atoms with Crippen LogP contribution in [-0.4, -0.2) is 44.2 Å². The minimum Gasteiger partial charge on any atom is -0.355 e. The van der Waals surface area contributed by atoms with Crippen molar-refractivity contribution < 1.29 is 4.79 Å². The summed E-state index contributed by atoms with van der Waals surface area (Å²) in [5.41, 5.74) is 3.20. The maximum atomic E-state index is 12.1. The first-order valence-corrected chi connectivity index (χ1v) is 11.0. The molecule has 8 heteroatoms. The van der Waals surface area contributed by atoms with E-state index >= 15 is 0 Å². The Morgan fingerprint density at radius 3 is 2.57 bits per heavy atom. The fourth-order valence-electron chi connectivity index (χ4n) is 2.69. The molecule has 0 aliphatic carbocycles. The maximum Gasteiger partial charge on any atom is 0.230 e. The molecule has 0 aliphatic heterocycles. The fourth-order valence-corrected chi connectivity index (χ4v) is 4.29. The van der Waals surface area contributed by atoms with Crippen LogP contribution in [-0.2, 0) is 4.79 Å². The summed E-state index contributed by atoms with van der Waals surface area (Å²) >= 11 is 3.14. The van der Waals surface area contributed by atoms with E-state index in [2.05, 4.69) is 39.0 Å². The van der Waals surface area contributed by atoms with Gasteiger partial charge in [-0.05, 0) is 71.8 Å². The van der Waals surface area contributed by atoms with Crippen LogP contribution in [0.1, 0.15) is 17.5 Å². The maximum absolute atomic E-state index is 12.1.